The maximum absolute atomic E-state index is 12.6. The van der Waals surface area contributed by atoms with Gasteiger partial charge in [0.1, 0.15) is 5.58 Å². The molecule has 25 heavy (non-hydrogen) atoms. The number of fused-ring (bicyclic) bond motifs is 1. The van der Waals surface area contributed by atoms with Gasteiger partial charge in [-0.3, -0.25) is 4.79 Å². The molecular weight excluding hydrogens is 338 g/mol. The molecule has 2 heterocycles. The van der Waals surface area contributed by atoms with Gasteiger partial charge < -0.3 is 9.32 Å². The molecule has 0 spiro atoms. The molecule has 5 nitrogen and oxygen atoms in total. The number of nitrogens with zero attached hydrogens (tertiary/aromatic N) is 1. The second-order valence-corrected chi connectivity index (χ2v) is 9.59. The molecule has 0 bridgehead atoms. The summed E-state index contributed by atoms with van der Waals surface area (Å²) in [5.41, 5.74) is 4.08. The summed E-state index contributed by atoms with van der Waals surface area (Å²) in [4.78, 5) is 14.2. The van der Waals surface area contributed by atoms with Gasteiger partial charge in [0.2, 0.25) is 5.91 Å². The standard InChI is InChI=1S/C19H25NO4S/c1-12(2)16-9-17-14(10-24-18(17)7-13(16)3)8-19(21)20(4)15-5-6-25(22,23)11-15/h7,9-10,12,15H,5-6,8,11H2,1-4H3. The zero-order valence-electron chi connectivity index (χ0n) is 15.2. The maximum atomic E-state index is 12.6. The summed E-state index contributed by atoms with van der Waals surface area (Å²) in [5.74, 6) is 0.560. The molecule has 2 aromatic rings. The Morgan fingerprint density at radius 1 is 1.36 bits per heavy atom. The lowest BCUT2D eigenvalue weighted by Crippen LogP contribution is -2.38. The number of hydrogen-bond donors (Lipinski definition) is 0. The molecule has 1 aliphatic heterocycles. The van der Waals surface area contributed by atoms with E-state index in [-0.39, 0.29) is 29.9 Å². The van der Waals surface area contributed by atoms with E-state index in [4.69, 9.17) is 4.42 Å². The van der Waals surface area contributed by atoms with Crippen molar-refractivity contribution in [3.05, 3.63) is 35.1 Å². The van der Waals surface area contributed by atoms with E-state index in [0.717, 1.165) is 16.5 Å². The number of carbonyl (C=O) groups excluding carboxylic acids is 1. The van der Waals surface area contributed by atoms with Crippen molar-refractivity contribution < 1.29 is 17.6 Å². The summed E-state index contributed by atoms with van der Waals surface area (Å²) in [6.45, 7) is 6.36. The Labute approximate surface area is 148 Å². The average Bonchev–Trinajstić information content (AvgIpc) is 3.08. The quantitative estimate of drug-likeness (QED) is 0.837. The molecule has 1 aromatic carbocycles. The van der Waals surface area contributed by atoms with Gasteiger partial charge in [0.05, 0.1) is 24.2 Å². The molecule has 136 valence electrons. The van der Waals surface area contributed by atoms with Gasteiger partial charge in [-0.1, -0.05) is 13.8 Å². The highest BCUT2D eigenvalue weighted by atomic mass is 32.2. The number of hydrogen-bond acceptors (Lipinski definition) is 4. The van der Waals surface area contributed by atoms with Crippen molar-refractivity contribution in [2.45, 2.75) is 45.6 Å². The molecule has 1 amide bonds. The van der Waals surface area contributed by atoms with Crippen molar-refractivity contribution in [2.24, 2.45) is 0 Å². The van der Waals surface area contributed by atoms with Crippen molar-refractivity contribution in [1.82, 2.24) is 4.90 Å². The Hall–Kier alpha value is -1.82. The molecule has 1 saturated heterocycles. The number of sulfone groups is 1. The predicted molar refractivity (Wildman–Crippen MR) is 98.6 cm³/mol. The second kappa shape index (κ2) is 6.48. The largest absolute Gasteiger partial charge is 0.464 e. The van der Waals surface area contributed by atoms with Gasteiger partial charge in [0.25, 0.3) is 0 Å². The lowest BCUT2D eigenvalue weighted by molar-refractivity contribution is -0.130. The van der Waals surface area contributed by atoms with Crippen LogP contribution in [-0.4, -0.2) is 43.8 Å². The molecule has 3 rings (SSSR count). The summed E-state index contributed by atoms with van der Waals surface area (Å²) in [6.07, 6.45) is 2.39. The van der Waals surface area contributed by atoms with Crippen molar-refractivity contribution in [3.63, 3.8) is 0 Å². The van der Waals surface area contributed by atoms with Crippen LogP contribution in [0.1, 0.15) is 42.9 Å². The number of aryl methyl sites for hydroxylation is 1. The Morgan fingerprint density at radius 2 is 2.08 bits per heavy atom. The van der Waals surface area contributed by atoms with Crippen molar-refractivity contribution in [3.8, 4) is 0 Å². The summed E-state index contributed by atoms with van der Waals surface area (Å²) in [6, 6.07) is 3.91. The third kappa shape index (κ3) is 3.59. The summed E-state index contributed by atoms with van der Waals surface area (Å²) < 4.78 is 28.9. The fourth-order valence-corrected chi connectivity index (χ4v) is 5.35. The van der Waals surface area contributed by atoms with E-state index < -0.39 is 9.84 Å². The Balaban J connectivity index is 1.83. The van der Waals surface area contributed by atoms with Crippen LogP contribution in [0.15, 0.2) is 22.8 Å². The highest BCUT2D eigenvalue weighted by molar-refractivity contribution is 7.91. The third-order valence-corrected chi connectivity index (χ3v) is 6.91. The molecule has 0 radical (unpaired) electrons. The van der Waals surface area contributed by atoms with E-state index in [1.54, 1.807) is 18.2 Å². The highest BCUT2D eigenvalue weighted by Gasteiger charge is 2.32. The predicted octanol–water partition coefficient (Wildman–Crippen LogP) is 3.05. The van der Waals surface area contributed by atoms with Gasteiger partial charge in [-0.2, -0.15) is 0 Å². The van der Waals surface area contributed by atoms with E-state index in [1.807, 2.05) is 6.07 Å². The lowest BCUT2D eigenvalue weighted by Gasteiger charge is -2.23. The van der Waals surface area contributed by atoms with Gasteiger partial charge in [-0.05, 0) is 42.5 Å². The topological polar surface area (TPSA) is 67.6 Å². The van der Waals surface area contributed by atoms with Gasteiger partial charge in [0.15, 0.2) is 9.84 Å². The van der Waals surface area contributed by atoms with Crippen LogP contribution in [0.25, 0.3) is 11.0 Å². The third-order valence-electron chi connectivity index (χ3n) is 5.16. The van der Waals surface area contributed by atoms with Crippen LogP contribution in [0, 0.1) is 6.92 Å². The van der Waals surface area contributed by atoms with Crippen LogP contribution in [0.2, 0.25) is 0 Å². The first-order valence-electron chi connectivity index (χ1n) is 8.64. The zero-order chi connectivity index (χ0) is 18.4. The molecule has 0 aliphatic carbocycles. The monoisotopic (exact) mass is 363 g/mol. The molecule has 0 saturated carbocycles. The Morgan fingerprint density at radius 3 is 2.68 bits per heavy atom. The molecule has 1 fully saturated rings. The van der Waals surface area contributed by atoms with E-state index in [9.17, 15) is 13.2 Å². The normalized spacial score (nSPS) is 19.6. The van der Waals surface area contributed by atoms with Crippen LogP contribution in [-0.2, 0) is 21.1 Å². The first-order valence-corrected chi connectivity index (χ1v) is 10.5. The molecule has 0 N–H and O–H groups in total. The van der Waals surface area contributed by atoms with Crippen molar-refractivity contribution in [1.29, 1.82) is 0 Å². The van der Waals surface area contributed by atoms with E-state index in [0.29, 0.717) is 12.3 Å². The molecule has 1 aliphatic rings. The average molecular weight is 363 g/mol. The van der Waals surface area contributed by atoms with Crippen molar-refractivity contribution >= 4 is 26.7 Å². The minimum Gasteiger partial charge on any atom is -0.464 e. The Bertz CT molecular complexity index is 911. The van der Waals surface area contributed by atoms with Gasteiger partial charge in [0, 0.05) is 24.0 Å². The number of benzene rings is 1. The number of likely N-dealkylation sites (N-methyl/N-ethyl adjacent to an activating group) is 1. The number of furan rings is 1. The minimum atomic E-state index is -3.00. The molecule has 6 heteroatoms. The van der Waals surface area contributed by atoms with Gasteiger partial charge in [-0.15, -0.1) is 0 Å². The van der Waals surface area contributed by atoms with Gasteiger partial charge >= 0.3 is 0 Å². The summed E-state index contributed by atoms with van der Waals surface area (Å²) in [5, 5.41) is 0.968. The molecule has 1 unspecified atom stereocenters. The van der Waals surface area contributed by atoms with Crippen LogP contribution in [0.4, 0.5) is 0 Å². The number of carbonyl (C=O) groups is 1. The first kappa shape index (κ1) is 18.0. The summed E-state index contributed by atoms with van der Waals surface area (Å²) in [7, 11) is -1.31. The molecule has 1 aromatic heterocycles. The number of amides is 1. The SMILES string of the molecule is Cc1cc2occ(CC(=O)N(C)C3CCS(=O)(=O)C3)c2cc1C(C)C. The van der Waals surface area contributed by atoms with Gasteiger partial charge in [-0.25, -0.2) is 8.42 Å². The molecule has 1 atom stereocenters. The fraction of sp³-hybridized carbons (Fsp3) is 0.526. The van der Waals surface area contributed by atoms with E-state index >= 15 is 0 Å². The smallest absolute Gasteiger partial charge is 0.227 e. The zero-order valence-corrected chi connectivity index (χ0v) is 16.0. The first-order chi connectivity index (χ1) is 11.7. The van der Waals surface area contributed by atoms with E-state index in [1.165, 1.54) is 11.1 Å². The van der Waals surface area contributed by atoms with Crippen molar-refractivity contribution in [2.75, 3.05) is 18.6 Å². The fourth-order valence-electron chi connectivity index (χ4n) is 3.58. The molecular formula is C19H25NO4S. The second-order valence-electron chi connectivity index (χ2n) is 7.36. The lowest BCUT2D eigenvalue weighted by atomic mass is 9.95. The summed E-state index contributed by atoms with van der Waals surface area (Å²) >= 11 is 0. The van der Waals surface area contributed by atoms with Crippen LogP contribution < -0.4 is 0 Å². The highest BCUT2D eigenvalue weighted by Crippen LogP contribution is 2.29. The Kier molecular flexibility index (Phi) is 4.66. The maximum Gasteiger partial charge on any atom is 0.227 e. The van der Waals surface area contributed by atoms with E-state index in [2.05, 4.69) is 26.8 Å². The van der Waals surface area contributed by atoms with Crippen LogP contribution >= 0.6 is 0 Å². The van der Waals surface area contributed by atoms with Crippen LogP contribution in [0.3, 0.4) is 0 Å². The minimum absolute atomic E-state index is 0.0675. The van der Waals surface area contributed by atoms with Crippen LogP contribution in [0.5, 0.6) is 0 Å². The number of rotatable bonds is 4.